The molecule has 1 atom stereocenters. The molecule has 0 aromatic heterocycles. The number of aryl methyl sites for hydroxylation is 2. The van der Waals surface area contributed by atoms with E-state index in [2.05, 4.69) is 10.0 Å². The molecule has 0 radical (unpaired) electrons. The summed E-state index contributed by atoms with van der Waals surface area (Å²) in [5, 5.41) is 3.05. The molecule has 0 unspecified atom stereocenters. The number of ether oxygens (including phenoxy) is 1. The molecule has 0 heterocycles. The minimum atomic E-state index is -3.56. The van der Waals surface area contributed by atoms with Crippen LogP contribution in [0.25, 0.3) is 0 Å². The number of benzene rings is 4. The SMILES string of the molecule is COc1ccc(CN(C(=O)CCc2ccc(S(=O)(=O)NC3CC3)cc2)[C@@H](C(=O)NCc2ccc(C)cc2)c2ccccc2)cc1. The number of nitrogens with zero attached hydrogens (tertiary/aromatic N) is 1. The van der Waals surface area contributed by atoms with Gasteiger partial charge in [0.1, 0.15) is 11.8 Å². The minimum Gasteiger partial charge on any atom is -0.497 e. The summed E-state index contributed by atoms with van der Waals surface area (Å²) in [4.78, 5) is 29.8. The van der Waals surface area contributed by atoms with Crippen molar-refractivity contribution in [3.05, 3.63) is 131 Å². The Morgan fingerprint density at radius 2 is 1.47 bits per heavy atom. The third-order valence-corrected chi connectivity index (χ3v) is 9.39. The molecule has 0 bridgehead atoms. The van der Waals surface area contributed by atoms with Gasteiger partial charge in [0, 0.05) is 25.6 Å². The van der Waals surface area contributed by atoms with Gasteiger partial charge in [0.25, 0.3) is 0 Å². The lowest BCUT2D eigenvalue weighted by Crippen LogP contribution is -2.43. The number of methoxy groups -OCH3 is 1. The van der Waals surface area contributed by atoms with Crippen LogP contribution in [0.4, 0.5) is 0 Å². The van der Waals surface area contributed by atoms with Crippen molar-refractivity contribution in [1.82, 2.24) is 14.9 Å². The first-order chi connectivity index (χ1) is 21.7. The van der Waals surface area contributed by atoms with Crippen molar-refractivity contribution in [3.63, 3.8) is 0 Å². The normalized spacial score (nSPS) is 13.6. The van der Waals surface area contributed by atoms with Crippen LogP contribution in [0.15, 0.2) is 108 Å². The molecule has 0 saturated heterocycles. The Kier molecular flexibility index (Phi) is 10.3. The van der Waals surface area contributed by atoms with Crippen LogP contribution in [0, 0.1) is 6.92 Å². The molecule has 1 fully saturated rings. The Hall–Kier alpha value is -4.47. The van der Waals surface area contributed by atoms with E-state index in [0.717, 1.165) is 35.1 Å². The molecule has 1 saturated carbocycles. The van der Waals surface area contributed by atoms with Crippen LogP contribution in [0.5, 0.6) is 5.75 Å². The second-order valence-corrected chi connectivity index (χ2v) is 13.1. The molecule has 4 aromatic carbocycles. The first-order valence-corrected chi connectivity index (χ1v) is 16.6. The summed E-state index contributed by atoms with van der Waals surface area (Å²) >= 11 is 0. The molecule has 8 nitrogen and oxygen atoms in total. The van der Waals surface area contributed by atoms with Gasteiger partial charge in [-0.2, -0.15) is 0 Å². The summed E-state index contributed by atoms with van der Waals surface area (Å²) in [5.41, 5.74) is 4.49. The highest BCUT2D eigenvalue weighted by atomic mass is 32.2. The van der Waals surface area contributed by atoms with Gasteiger partial charge < -0.3 is 15.0 Å². The number of hydrogen-bond donors (Lipinski definition) is 2. The van der Waals surface area contributed by atoms with Crippen molar-refractivity contribution >= 4 is 21.8 Å². The Morgan fingerprint density at radius 1 is 0.844 bits per heavy atom. The van der Waals surface area contributed by atoms with Gasteiger partial charge in [0.05, 0.1) is 12.0 Å². The van der Waals surface area contributed by atoms with Crippen molar-refractivity contribution in [3.8, 4) is 5.75 Å². The molecule has 9 heteroatoms. The fourth-order valence-electron chi connectivity index (χ4n) is 5.07. The van der Waals surface area contributed by atoms with Crippen molar-refractivity contribution in [1.29, 1.82) is 0 Å². The first-order valence-electron chi connectivity index (χ1n) is 15.1. The second kappa shape index (κ2) is 14.5. The van der Waals surface area contributed by atoms with E-state index >= 15 is 0 Å². The summed E-state index contributed by atoms with van der Waals surface area (Å²) in [6.45, 7) is 2.56. The molecule has 234 valence electrons. The van der Waals surface area contributed by atoms with Gasteiger partial charge >= 0.3 is 0 Å². The number of amides is 2. The van der Waals surface area contributed by atoms with Crippen LogP contribution in [-0.2, 0) is 39.1 Å². The van der Waals surface area contributed by atoms with Crippen LogP contribution in [0.1, 0.15) is 53.1 Å². The summed E-state index contributed by atoms with van der Waals surface area (Å²) in [5.74, 6) is 0.225. The number of nitrogens with one attached hydrogen (secondary N) is 2. The van der Waals surface area contributed by atoms with E-state index in [4.69, 9.17) is 4.74 Å². The molecule has 1 aliphatic rings. The number of hydrogen-bond acceptors (Lipinski definition) is 5. The maximum Gasteiger partial charge on any atom is 0.247 e. The Labute approximate surface area is 265 Å². The van der Waals surface area contributed by atoms with Crippen LogP contribution >= 0.6 is 0 Å². The average molecular weight is 626 g/mol. The number of rotatable bonds is 14. The van der Waals surface area contributed by atoms with Gasteiger partial charge in [-0.1, -0.05) is 84.4 Å². The highest BCUT2D eigenvalue weighted by molar-refractivity contribution is 7.89. The molecular weight excluding hydrogens is 586 g/mol. The molecular formula is C36H39N3O5S. The quantitative estimate of drug-likeness (QED) is 0.194. The molecule has 1 aliphatic carbocycles. The lowest BCUT2D eigenvalue weighted by Gasteiger charge is -2.32. The summed E-state index contributed by atoms with van der Waals surface area (Å²) in [6, 6.07) is 30.5. The monoisotopic (exact) mass is 625 g/mol. The lowest BCUT2D eigenvalue weighted by atomic mass is 10.0. The number of sulfonamides is 1. The first kappa shape index (κ1) is 31.9. The molecule has 0 aliphatic heterocycles. The predicted octanol–water partition coefficient (Wildman–Crippen LogP) is 5.46. The van der Waals surface area contributed by atoms with Crippen LogP contribution in [0.2, 0.25) is 0 Å². The number of carbonyl (C=O) groups excluding carboxylic acids is 2. The zero-order valence-electron chi connectivity index (χ0n) is 25.6. The summed E-state index contributed by atoms with van der Waals surface area (Å²) in [7, 11) is -1.96. The van der Waals surface area contributed by atoms with Crippen molar-refractivity contribution in [2.45, 2.75) is 62.7 Å². The minimum absolute atomic E-state index is 0.0237. The maximum atomic E-state index is 14.0. The van der Waals surface area contributed by atoms with E-state index in [9.17, 15) is 18.0 Å². The Bertz CT molecular complexity index is 1690. The summed E-state index contributed by atoms with van der Waals surface area (Å²) in [6.07, 6.45) is 2.25. The summed E-state index contributed by atoms with van der Waals surface area (Å²) < 4.78 is 33.2. The molecule has 5 rings (SSSR count). The predicted molar refractivity (Wildman–Crippen MR) is 174 cm³/mol. The van der Waals surface area contributed by atoms with Crippen LogP contribution < -0.4 is 14.8 Å². The van der Waals surface area contributed by atoms with E-state index in [1.807, 2.05) is 85.8 Å². The molecule has 45 heavy (non-hydrogen) atoms. The van der Waals surface area contributed by atoms with E-state index in [1.54, 1.807) is 36.3 Å². The third kappa shape index (κ3) is 8.80. The van der Waals surface area contributed by atoms with Crippen molar-refractivity contribution in [2.75, 3.05) is 7.11 Å². The van der Waals surface area contributed by atoms with Crippen LogP contribution in [0.3, 0.4) is 0 Å². The van der Waals surface area contributed by atoms with Gasteiger partial charge in [0.2, 0.25) is 21.8 Å². The highest BCUT2D eigenvalue weighted by Crippen LogP contribution is 2.27. The molecule has 0 spiro atoms. The Balaban J connectivity index is 1.37. The average Bonchev–Trinajstić information content (AvgIpc) is 3.87. The largest absolute Gasteiger partial charge is 0.497 e. The van der Waals surface area contributed by atoms with E-state index < -0.39 is 16.1 Å². The lowest BCUT2D eigenvalue weighted by molar-refractivity contribution is -0.141. The molecule has 4 aromatic rings. The van der Waals surface area contributed by atoms with Crippen molar-refractivity contribution in [2.24, 2.45) is 0 Å². The zero-order valence-corrected chi connectivity index (χ0v) is 26.4. The van der Waals surface area contributed by atoms with Crippen molar-refractivity contribution < 1.29 is 22.7 Å². The topological polar surface area (TPSA) is 105 Å². The highest BCUT2D eigenvalue weighted by Gasteiger charge is 2.32. The van der Waals surface area contributed by atoms with E-state index in [1.165, 1.54) is 0 Å². The maximum absolute atomic E-state index is 14.0. The van der Waals surface area contributed by atoms with Gasteiger partial charge in [-0.15, -0.1) is 0 Å². The number of carbonyl (C=O) groups is 2. The van der Waals surface area contributed by atoms with Gasteiger partial charge in [0.15, 0.2) is 0 Å². The zero-order chi connectivity index (χ0) is 31.8. The van der Waals surface area contributed by atoms with Crippen LogP contribution in [-0.4, -0.2) is 38.3 Å². The van der Waals surface area contributed by atoms with E-state index in [0.29, 0.717) is 24.3 Å². The molecule has 2 amide bonds. The smallest absolute Gasteiger partial charge is 0.247 e. The molecule has 2 N–H and O–H groups in total. The van der Waals surface area contributed by atoms with Gasteiger partial charge in [-0.05, 0) is 72.7 Å². The second-order valence-electron chi connectivity index (χ2n) is 11.4. The fourth-order valence-corrected chi connectivity index (χ4v) is 6.37. The third-order valence-electron chi connectivity index (χ3n) is 7.86. The Morgan fingerprint density at radius 3 is 2.09 bits per heavy atom. The van der Waals surface area contributed by atoms with Gasteiger partial charge in [-0.3, -0.25) is 9.59 Å². The van der Waals surface area contributed by atoms with Gasteiger partial charge in [-0.25, -0.2) is 13.1 Å². The van der Waals surface area contributed by atoms with E-state index in [-0.39, 0.29) is 35.7 Å². The standard InChI is InChI=1S/C36H39N3O5S/c1-26-8-10-28(11-9-26)24-37-36(41)35(30-6-4-3-5-7-30)39(25-29-12-19-32(44-2)20-13-29)34(40)23-16-27-14-21-33(22-15-27)45(42,43)38-31-17-18-31/h3-15,19-22,31,35,38H,16-18,23-25H2,1-2H3,(H,37,41)/t35-/m1/s1. The fraction of sp³-hybridized carbons (Fsp3) is 0.278.